The lowest BCUT2D eigenvalue weighted by molar-refractivity contribution is -0.121. The van der Waals surface area contributed by atoms with Gasteiger partial charge in [0.25, 0.3) is 5.91 Å². The Kier molecular flexibility index (Phi) is 6.44. The summed E-state index contributed by atoms with van der Waals surface area (Å²) in [7, 11) is 1.65. The predicted molar refractivity (Wildman–Crippen MR) is 114 cm³/mol. The molecule has 1 saturated heterocycles. The molecule has 5 nitrogen and oxygen atoms in total. The van der Waals surface area contributed by atoms with Crippen LogP contribution in [0.5, 0.6) is 0 Å². The molecule has 1 aliphatic heterocycles. The third-order valence-corrected chi connectivity index (χ3v) is 5.46. The molecule has 28 heavy (non-hydrogen) atoms. The van der Waals surface area contributed by atoms with Crippen LogP contribution in [0.15, 0.2) is 52.4 Å². The van der Waals surface area contributed by atoms with E-state index in [-0.39, 0.29) is 5.91 Å². The molecular weight excluding hydrogens is 419 g/mol. The molecule has 0 bridgehead atoms. The van der Waals surface area contributed by atoms with E-state index in [1.807, 2.05) is 0 Å². The molecule has 0 unspecified atom stereocenters. The Morgan fingerprint density at radius 2 is 2.04 bits per heavy atom. The Bertz CT molecular complexity index is 1000. The van der Waals surface area contributed by atoms with Gasteiger partial charge in [0.2, 0.25) is 0 Å². The number of esters is 1. The summed E-state index contributed by atoms with van der Waals surface area (Å²) in [6.45, 7) is 2.05. The van der Waals surface area contributed by atoms with Crippen molar-refractivity contribution in [1.29, 1.82) is 0 Å². The van der Waals surface area contributed by atoms with E-state index < -0.39 is 5.97 Å². The van der Waals surface area contributed by atoms with Crippen LogP contribution >= 0.6 is 35.0 Å². The second-order valence-electron chi connectivity index (χ2n) is 5.81. The first-order valence-electron chi connectivity index (χ1n) is 8.37. The summed E-state index contributed by atoms with van der Waals surface area (Å²) in [4.78, 5) is 30.9. The van der Waals surface area contributed by atoms with E-state index in [1.54, 1.807) is 62.5 Å². The van der Waals surface area contributed by atoms with E-state index in [0.717, 1.165) is 0 Å². The molecule has 0 atom stereocenters. The Balaban J connectivity index is 1.88. The molecule has 1 heterocycles. The maximum Gasteiger partial charge on any atom is 0.338 e. The molecule has 1 fully saturated rings. The number of amidine groups is 1. The minimum atomic E-state index is -0.411. The molecule has 8 heteroatoms. The van der Waals surface area contributed by atoms with Crippen molar-refractivity contribution in [3.05, 3.63) is 68.5 Å². The van der Waals surface area contributed by atoms with E-state index in [4.69, 9.17) is 27.9 Å². The molecule has 0 saturated carbocycles. The van der Waals surface area contributed by atoms with Gasteiger partial charge in [0.15, 0.2) is 5.17 Å². The van der Waals surface area contributed by atoms with Gasteiger partial charge in [0.05, 0.1) is 22.8 Å². The molecule has 144 valence electrons. The van der Waals surface area contributed by atoms with Crippen molar-refractivity contribution in [2.75, 3.05) is 13.7 Å². The Morgan fingerprint density at radius 1 is 1.25 bits per heavy atom. The van der Waals surface area contributed by atoms with Crippen molar-refractivity contribution in [3.8, 4) is 0 Å². The number of amides is 1. The largest absolute Gasteiger partial charge is 0.462 e. The first-order chi connectivity index (χ1) is 13.4. The first-order valence-corrected chi connectivity index (χ1v) is 9.95. The van der Waals surface area contributed by atoms with Gasteiger partial charge in [-0.2, -0.15) is 0 Å². The lowest BCUT2D eigenvalue weighted by Gasteiger charge is -2.07. The maximum atomic E-state index is 12.6. The zero-order chi connectivity index (χ0) is 20.3. The molecule has 3 rings (SSSR count). The van der Waals surface area contributed by atoms with Crippen LogP contribution in [0, 0.1) is 0 Å². The first kappa shape index (κ1) is 20.5. The van der Waals surface area contributed by atoms with Crippen LogP contribution in [0.4, 0.5) is 5.69 Å². The molecule has 0 N–H and O–H groups in total. The summed E-state index contributed by atoms with van der Waals surface area (Å²) in [6.07, 6.45) is 1.71. The second-order valence-corrected chi connectivity index (χ2v) is 7.66. The number of ether oxygens (including phenoxy) is 1. The third kappa shape index (κ3) is 4.58. The molecule has 0 radical (unpaired) electrons. The highest BCUT2D eigenvalue weighted by atomic mass is 35.5. The van der Waals surface area contributed by atoms with Gasteiger partial charge >= 0.3 is 5.97 Å². The van der Waals surface area contributed by atoms with Gasteiger partial charge in [0.1, 0.15) is 0 Å². The zero-order valence-corrected chi connectivity index (χ0v) is 17.4. The van der Waals surface area contributed by atoms with Crippen LogP contribution in [0.2, 0.25) is 10.0 Å². The quantitative estimate of drug-likeness (QED) is 0.477. The lowest BCUT2D eigenvalue weighted by atomic mass is 10.2. The Morgan fingerprint density at radius 3 is 2.75 bits per heavy atom. The fourth-order valence-corrected chi connectivity index (χ4v) is 3.88. The topological polar surface area (TPSA) is 59.0 Å². The number of rotatable bonds is 4. The van der Waals surface area contributed by atoms with Gasteiger partial charge in [0, 0.05) is 17.1 Å². The number of thioether (sulfide) groups is 1. The number of likely N-dealkylation sites (N-methyl/N-ethyl adjacent to an activating group) is 1. The number of benzene rings is 2. The minimum Gasteiger partial charge on any atom is -0.462 e. The lowest BCUT2D eigenvalue weighted by Crippen LogP contribution is -2.23. The van der Waals surface area contributed by atoms with Crippen LogP contribution in [-0.4, -0.2) is 35.6 Å². The van der Waals surface area contributed by atoms with Crippen LogP contribution in [0.3, 0.4) is 0 Å². The van der Waals surface area contributed by atoms with E-state index in [2.05, 4.69) is 4.99 Å². The fraction of sp³-hybridized carbons (Fsp3) is 0.150. The summed E-state index contributed by atoms with van der Waals surface area (Å²) >= 11 is 13.3. The molecule has 1 amide bonds. The van der Waals surface area contributed by atoms with Crippen molar-refractivity contribution in [2.24, 2.45) is 4.99 Å². The summed E-state index contributed by atoms with van der Waals surface area (Å²) in [5, 5.41) is 1.49. The number of carbonyl (C=O) groups excluding carboxylic acids is 2. The van der Waals surface area contributed by atoms with E-state index >= 15 is 0 Å². The van der Waals surface area contributed by atoms with Crippen LogP contribution < -0.4 is 0 Å². The van der Waals surface area contributed by atoms with Gasteiger partial charge < -0.3 is 4.74 Å². The Labute approximate surface area is 177 Å². The van der Waals surface area contributed by atoms with Crippen molar-refractivity contribution >= 4 is 63.8 Å². The summed E-state index contributed by atoms with van der Waals surface area (Å²) < 4.78 is 5.01. The smallest absolute Gasteiger partial charge is 0.338 e. The molecule has 0 aliphatic carbocycles. The van der Waals surface area contributed by atoms with Gasteiger partial charge in [-0.15, -0.1) is 0 Å². The van der Waals surface area contributed by atoms with E-state index in [0.29, 0.717) is 43.5 Å². The van der Waals surface area contributed by atoms with Crippen LogP contribution in [0.1, 0.15) is 22.8 Å². The number of carbonyl (C=O) groups is 2. The molecular formula is C20H16Cl2N2O3S. The van der Waals surface area contributed by atoms with Crippen molar-refractivity contribution in [1.82, 2.24) is 4.90 Å². The number of halogens is 2. The standard InChI is InChI=1S/C20H16Cl2N2O3S/c1-3-27-19(26)13-5-4-6-15(9-13)23-20-24(2)18(25)17(28-20)10-12-7-8-14(21)11-16(12)22/h4-11H,3H2,1-2H3. The zero-order valence-electron chi connectivity index (χ0n) is 15.1. The predicted octanol–water partition coefficient (Wildman–Crippen LogP) is 5.40. The average molecular weight is 435 g/mol. The van der Waals surface area contributed by atoms with Crippen molar-refractivity contribution in [3.63, 3.8) is 0 Å². The molecule has 0 aromatic heterocycles. The van der Waals surface area contributed by atoms with Crippen molar-refractivity contribution in [2.45, 2.75) is 6.92 Å². The molecule has 1 aliphatic rings. The number of hydrogen-bond donors (Lipinski definition) is 0. The summed E-state index contributed by atoms with van der Waals surface area (Å²) in [6, 6.07) is 11.9. The number of aliphatic imine (C=N–C) groups is 1. The maximum absolute atomic E-state index is 12.6. The summed E-state index contributed by atoms with van der Waals surface area (Å²) in [5.41, 5.74) is 1.66. The Hall–Kier alpha value is -2.28. The second kappa shape index (κ2) is 8.82. The number of hydrogen-bond acceptors (Lipinski definition) is 5. The highest BCUT2D eigenvalue weighted by Crippen LogP contribution is 2.34. The highest BCUT2D eigenvalue weighted by molar-refractivity contribution is 8.18. The monoisotopic (exact) mass is 434 g/mol. The highest BCUT2D eigenvalue weighted by Gasteiger charge is 2.30. The van der Waals surface area contributed by atoms with Crippen molar-refractivity contribution < 1.29 is 14.3 Å². The molecule has 2 aromatic rings. The molecule has 0 spiro atoms. The molecule has 2 aromatic carbocycles. The van der Waals surface area contributed by atoms with Gasteiger partial charge in [-0.3, -0.25) is 9.69 Å². The fourth-order valence-electron chi connectivity index (χ4n) is 2.44. The van der Waals surface area contributed by atoms with Gasteiger partial charge in [-0.1, -0.05) is 35.3 Å². The van der Waals surface area contributed by atoms with E-state index in [1.165, 1.54) is 16.7 Å². The average Bonchev–Trinajstić information content (AvgIpc) is 2.92. The third-order valence-electron chi connectivity index (χ3n) is 3.83. The number of nitrogens with zero attached hydrogens (tertiary/aromatic N) is 2. The van der Waals surface area contributed by atoms with Gasteiger partial charge in [-0.05, 0) is 60.7 Å². The SMILES string of the molecule is CCOC(=O)c1cccc(N=C2SC(=Cc3ccc(Cl)cc3Cl)C(=O)N2C)c1. The van der Waals surface area contributed by atoms with Gasteiger partial charge in [-0.25, -0.2) is 9.79 Å². The summed E-state index contributed by atoms with van der Waals surface area (Å²) in [5.74, 6) is -0.595. The van der Waals surface area contributed by atoms with Crippen LogP contribution in [-0.2, 0) is 9.53 Å². The normalized spacial score (nSPS) is 16.9. The van der Waals surface area contributed by atoms with E-state index in [9.17, 15) is 9.59 Å². The minimum absolute atomic E-state index is 0.184. The van der Waals surface area contributed by atoms with Crippen LogP contribution in [0.25, 0.3) is 6.08 Å².